The first kappa shape index (κ1) is 37.1. The summed E-state index contributed by atoms with van der Waals surface area (Å²) in [5.41, 5.74) is -1.32. The fourth-order valence-electron chi connectivity index (χ4n) is 7.15. The number of methoxy groups -OCH3 is 1. The maximum absolute atomic E-state index is 14.5. The molecule has 2 aliphatic heterocycles. The highest BCUT2D eigenvalue weighted by Gasteiger charge is 2.65. The molecule has 15 heteroatoms. The van der Waals surface area contributed by atoms with E-state index in [1.807, 2.05) is 18.2 Å². The molecule has 6 rings (SSSR count). The third-order valence-electron chi connectivity index (χ3n) is 10.3. The van der Waals surface area contributed by atoms with Crippen LogP contribution >= 0.6 is 0 Å². The van der Waals surface area contributed by atoms with Gasteiger partial charge in [-0.25, -0.2) is 18.2 Å². The first-order valence-corrected chi connectivity index (χ1v) is 19.2. The lowest BCUT2D eigenvalue weighted by Gasteiger charge is -2.35. The maximum Gasteiger partial charge on any atom is 0.407 e. The van der Waals surface area contributed by atoms with E-state index in [0.29, 0.717) is 36.3 Å². The van der Waals surface area contributed by atoms with Gasteiger partial charge in [0.05, 0.1) is 25.5 Å². The predicted molar refractivity (Wildman–Crippen MR) is 192 cm³/mol. The monoisotopic (exact) mass is 737 g/mol. The Kier molecular flexibility index (Phi) is 10.0. The van der Waals surface area contributed by atoms with Crippen LogP contribution in [0, 0.1) is 11.3 Å². The van der Waals surface area contributed by atoms with Gasteiger partial charge in [0.25, 0.3) is 5.91 Å². The van der Waals surface area contributed by atoms with Gasteiger partial charge in [-0.2, -0.15) is 0 Å². The second kappa shape index (κ2) is 14.1. The smallest absolute Gasteiger partial charge is 0.407 e. The van der Waals surface area contributed by atoms with Crippen LogP contribution in [0.5, 0.6) is 11.6 Å². The van der Waals surface area contributed by atoms with E-state index >= 15 is 0 Å². The Morgan fingerprint density at radius 1 is 1.15 bits per heavy atom. The first-order chi connectivity index (χ1) is 24.6. The van der Waals surface area contributed by atoms with Crippen LogP contribution in [-0.2, 0) is 35.6 Å². The minimum atomic E-state index is -3.96. The highest BCUT2D eigenvalue weighted by Crippen LogP contribution is 2.50. The lowest BCUT2D eigenvalue weighted by atomic mass is 9.85. The van der Waals surface area contributed by atoms with Crippen LogP contribution in [0.15, 0.2) is 49.2 Å². The van der Waals surface area contributed by atoms with E-state index in [2.05, 4.69) is 33.5 Å². The number of amides is 4. The number of aryl methyl sites for hydroxylation is 1. The normalized spacial score (nSPS) is 27.1. The Balaban J connectivity index is 1.36. The van der Waals surface area contributed by atoms with Gasteiger partial charge in [-0.3, -0.25) is 19.1 Å². The van der Waals surface area contributed by atoms with Crippen LogP contribution in [0.3, 0.4) is 0 Å². The third kappa shape index (κ3) is 7.19. The Bertz CT molecular complexity index is 1920. The lowest BCUT2D eigenvalue weighted by molar-refractivity contribution is -0.142. The van der Waals surface area contributed by atoms with E-state index in [-0.39, 0.29) is 25.1 Å². The summed E-state index contributed by atoms with van der Waals surface area (Å²) in [5, 5.41) is 6.28. The van der Waals surface area contributed by atoms with Crippen molar-refractivity contribution in [2.75, 3.05) is 20.3 Å². The number of hydrogen-bond acceptors (Lipinski definition) is 10. The molecule has 2 aliphatic carbocycles. The molecule has 52 heavy (non-hydrogen) atoms. The van der Waals surface area contributed by atoms with E-state index in [4.69, 9.17) is 14.2 Å². The Morgan fingerprint density at radius 3 is 2.56 bits per heavy atom. The molecule has 4 aliphatic rings. The summed E-state index contributed by atoms with van der Waals surface area (Å²) >= 11 is 0. The summed E-state index contributed by atoms with van der Waals surface area (Å²) in [6.45, 7) is 13.2. The van der Waals surface area contributed by atoms with Gasteiger partial charge in [-0.15, -0.1) is 6.58 Å². The second-order valence-corrected chi connectivity index (χ2v) is 17.1. The number of pyridine rings is 1. The number of nitrogens with zero attached hydrogens (tertiary/aromatic N) is 2. The predicted octanol–water partition coefficient (Wildman–Crippen LogP) is 3.29. The second-order valence-electron chi connectivity index (χ2n) is 15.1. The molecule has 0 unspecified atom stereocenters. The molecule has 3 fully saturated rings. The lowest BCUT2D eigenvalue weighted by Crippen LogP contribution is -2.60. The molecule has 14 nitrogen and oxygen atoms in total. The van der Waals surface area contributed by atoms with Crippen LogP contribution in [0.2, 0.25) is 0 Å². The standard InChI is InChI=1S/C37H47N5O9S/c1-7-27-21(2)37(27,34(45)41-52(47,48)24-12-13-24)40-31(43)28-19-23-20-42(28)33(44)30(36(3,4)5)39-35(46)50-16-10-8-9-11-22-17-26-25(29(18-22)49-6)14-15-38-32(26)51-23/h7,14-15,17-18,23-24,27-28,30H,1-2,8-13,16,19-20H2,3-6H3,(H,39,46)(H,40,43)(H,41,45)/t23-,27-,28+,30-,37-/m1/s1. The molecular formula is C37H47N5O9S. The van der Waals surface area contributed by atoms with Gasteiger partial charge in [0.2, 0.25) is 27.7 Å². The van der Waals surface area contributed by atoms with E-state index in [0.717, 1.165) is 30.2 Å². The first-order valence-electron chi connectivity index (χ1n) is 17.7. The zero-order valence-electron chi connectivity index (χ0n) is 30.0. The van der Waals surface area contributed by atoms with Crippen molar-refractivity contribution in [1.29, 1.82) is 0 Å². The number of rotatable bonds is 7. The van der Waals surface area contributed by atoms with Crippen LogP contribution in [0.1, 0.15) is 64.9 Å². The molecule has 1 aromatic heterocycles. The van der Waals surface area contributed by atoms with Gasteiger partial charge in [-0.1, -0.05) is 33.4 Å². The van der Waals surface area contributed by atoms with E-state index in [9.17, 15) is 27.6 Å². The Labute approximate surface area is 303 Å². The molecule has 3 heterocycles. The Hall–Kier alpha value is -4.66. The van der Waals surface area contributed by atoms with Gasteiger partial charge in [0.1, 0.15) is 23.9 Å². The van der Waals surface area contributed by atoms with Crippen molar-refractivity contribution >= 4 is 44.6 Å². The van der Waals surface area contributed by atoms with Gasteiger partial charge in [0, 0.05) is 29.3 Å². The summed E-state index contributed by atoms with van der Waals surface area (Å²) in [6, 6.07) is 3.51. The number of alkyl carbamates (subject to hydrolysis) is 1. The van der Waals surface area contributed by atoms with Crippen LogP contribution in [-0.4, -0.2) is 91.4 Å². The number of cyclic esters (lactones) is 1. The number of carbonyl (C=O) groups is 4. The van der Waals surface area contributed by atoms with E-state index in [1.165, 1.54) is 11.0 Å². The van der Waals surface area contributed by atoms with Crippen LogP contribution < -0.4 is 24.8 Å². The van der Waals surface area contributed by atoms with Crippen LogP contribution in [0.25, 0.3) is 10.8 Å². The van der Waals surface area contributed by atoms with Crippen molar-refractivity contribution in [1.82, 2.24) is 25.2 Å². The number of nitrogens with one attached hydrogen (secondary N) is 3. The molecular weight excluding hydrogens is 691 g/mol. The molecule has 1 saturated heterocycles. The van der Waals surface area contributed by atoms with Crippen molar-refractivity contribution in [3.63, 3.8) is 0 Å². The fraction of sp³-hybridized carbons (Fsp3) is 0.541. The molecule has 5 atom stereocenters. The van der Waals surface area contributed by atoms with Gasteiger partial charge in [0.15, 0.2) is 5.54 Å². The van der Waals surface area contributed by atoms with Crippen LogP contribution in [0.4, 0.5) is 4.79 Å². The van der Waals surface area contributed by atoms with Crippen molar-refractivity contribution in [2.24, 2.45) is 11.3 Å². The minimum Gasteiger partial charge on any atom is -0.496 e. The number of ether oxygens (including phenoxy) is 3. The summed E-state index contributed by atoms with van der Waals surface area (Å²) in [6.07, 6.45) is 5.38. The van der Waals surface area contributed by atoms with E-state index < -0.39 is 74.1 Å². The summed E-state index contributed by atoms with van der Waals surface area (Å²) in [4.78, 5) is 61.3. The molecule has 2 saturated carbocycles. The molecule has 3 N–H and O–H groups in total. The molecule has 4 amide bonds. The fourth-order valence-corrected chi connectivity index (χ4v) is 8.50. The highest BCUT2D eigenvalue weighted by atomic mass is 32.2. The minimum absolute atomic E-state index is 0.00290. The molecule has 1 aromatic carbocycles. The largest absolute Gasteiger partial charge is 0.496 e. The van der Waals surface area contributed by atoms with E-state index in [1.54, 1.807) is 34.1 Å². The molecule has 0 spiro atoms. The SMILES string of the molecule is C=C[C@@H]1C(=C)[C@]1(NC(=O)[C@@H]1C[C@@H]2CN1C(=O)[C@H](C(C)(C)C)NC(=O)OCCCCCc1cc(OC)c3ccnc(c3c1)O2)C(=O)NS(=O)(=O)C1CC1. The topological polar surface area (TPSA) is 182 Å². The summed E-state index contributed by atoms with van der Waals surface area (Å²) in [5.74, 6) is -2.01. The summed E-state index contributed by atoms with van der Waals surface area (Å²) in [7, 11) is -2.36. The van der Waals surface area contributed by atoms with Gasteiger partial charge >= 0.3 is 6.09 Å². The summed E-state index contributed by atoms with van der Waals surface area (Å²) < 4.78 is 45.3. The maximum atomic E-state index is 14.5. The molecule has 0 radical (unpaired) electrons. The van der Waals surface area contributed by atoms with Crippen molar-refractivity contribution in [3.8, 4) is 11.6 Å². The number of sulfonamides is 1. The zero-order valence-corrected chi connectivity index (χ0v) is 30.8. The number of carbonyl (C=O) groups excluding carboxylic acids is 4. The quantitative estimate of drug-likeness (QED) is 0.357. The average molecular weight is 738 g/mol. The number of fused-ring (bicyclic) bond motifs is 3. The van der Waals surface area contributed by atoms with Crippen molar-refractivity contribution < 1.29 is 41.8 Å². The van der Waals surface area contributed by atoms with Crippen molar-refractivity contribution in [2.45, 2.75) is 94.7 Å². The Morgan fingerprint density at radius 2 is 1.90 bits per heavy atom. The zero-order chi connectivity index (χ0) is 37.6. The number of aromatic nitrogens is 1. The molecule has 280 valence electrons. The number of hydrogen-bond donors (Lipinski definition) is 3. The third-order valence-corrected chi connectivity index (χ3v) is 12.1. The molecule has 2 aromatic rings. The average Bonchev–Trinajstić information content (AvgIpc) is 3.99. The highest BCUT2D eigenvalue weighted by molar-refractivity contribution is 7.91. The molecule has 4 bridgehead atoms. The van der Waals surface area contributed by atoms with Gasteiger partial charge in [-0.05, 0) is 73.3 Å². The number of benzene rings is 1. The van der Waals surface area contributed by atoms with Gasteiger partial charge < -0.3 is 29.7 Å². The van der Waals surface area contributed by atoms with Crippen molar-refractivity contribution in [3.05, 3.63) is 54.8 Å².